The van der Waals surface area contributed by atoms with Gasteiger partial charge in [0.2, 0.25) is 0 Å². The summed E-state index contributed by atoms with van der Waals surface area (Å²) in [5.74, 6) is 2.16. The van der Waals surface area contributed by atoms with E-state index >= 15 is 0 Å². The molecule has 0 saturated carbocycles. The first kappa shape index (κ1) is 29.4. The molecule has 5 rings (SSSR count). The molecule has 2 atom stereocenters. The fourth-order valence-electron chi connectivity index (χ4n) is 5.61. The number of hydrogen-bond donors (Lipinski definition) is 1. The summed E-state index contributed by atoms with van der Waals surface area (Å²) < 4.78 is 29.5. The van der Waals surface area contributed by atoms with E-state index in [1.807, 2.05) is 12.1 Å². The number of fused-ring (bicyclic) bond motifs is 1. The molecule has 2 aliphatic heterocycles. The zero-order valence-electron chi connectivity index (χ0n) is 24.5. The van der Waals surface area contributed by atoms with E-state index in [4.69, 9.17) is 23.7 Å². The molecule has 1 fully saturated rings. The molecule has 3 aromatic carbocycles. The number of hydrogen-bond acceptors (Lipinski definition) is 7. The normalized spacial score (nSPS) is 18.5. The molecule has 0 unspecified atom stereocenters. The van der Waals surface area contributed by atoms with Crippen molar-refractivity contribution in [1.29, 1.82) is 0 Å². The minimum absolute atomic E-state index is 0.107. The smallest absolute Gasteiger partial charge is 0.142 e. The van der Waals surface area contributed by atoms with Gasteiger partial charge in [-0.3, -0.25) is 0 Å². The number of nitrogens with one attached hydrogen (secondary N) is 1. The number of nitrogens with zero attached hydrogens (tertiary/aromatic N) is 1. The van der Waals surface area contributed by atoms with Crippen LogP contribution in [-0.4, -0.2) is 65.8 Å². The zero-order chi connectivity index (χ0) is 28.3. The highest BCUT2D eigenvalue weighted by Gasteiger charge is 2.27. The molecular weight excluding hydrogens is 516 g/mol. The van der Waals surface area contributed by atoms with Gasteiger partial charge < -0.3 is 33.9 Å². The molecule has 0 aliphatic carbocycles. The van der Waals surface area contributed by atoms with E-state index < -0.39 is 0 Å². The molecule has 3 aromatic rings. The van der Waals surface area contributed by atoms with Crippen molar-refractivity contribution >= 4 is 5.69 Å². The second kappa shape index (κ2) is 15.2. The molecule has 7 nitrogen and oxygen atoms in total. The van der Waals surface area contributed by atoms with Gasteiger partial charge in [-0.25, -0.2) is 0 Å². The van der Waals surface area contributed by atoms with Crippen molar-refractivity contribution in [2.45, 2.75) is 45.0 Å². The van der Waals surface area contributed by atoms with Crippen LogP contribution in [-0.2, 0) is 27.4 Å². The predicted octanol–water partition coefficient (Wildman–Crippen LogP) is 5.49. The van der Waals surface area contributed by atoms with Crippen molar-refractivity contribution in [2.24, 2.45) is 0 Å². The lowest BCUT2D eigenvalue weighted by molar-refractivity contribution is 0.0106. The third-order valence-corrected chi connectivity index (χ3v) is 7.97. The molecule has 0 aromatic heterocycles. The second-order valence-corrected chi connectivity index (χ2v) is 10.8. The van der Waals surface area contributed by atoms with Gasteiger partial charge in [-0.1, -0.05) is 42.5 Å². The van der Waals surface area contributed by atoms with Crippen LogP contribution < -0.4 is 19.7 Å². The van der Waals surface area contributed by atoms with Crippen LogP contribution in [0.2, 0.25) is 0 Å². The molecule has 0 bridgehead atoms. The first-order chi connectivity index (χ1) is 20.2. The predicted molar refractivity (Wildman–Crippen MR) is 162 cm³/mol. The summed E-state index contributed by atoms with van der Waals surface area (Å²) in [7, 11) is 1.75. The first-order valence-corrected chi connectivity index (χ1v) is 14.9. The fraction of sp³-hybridized carbons (Fsp3) is 0.471. The van der Waals surface area contributed by atoms with E-state index in [0.29, 0.717) is 32.3 Å². The Balaban J connectivity index is 1.11. The summed E-state index contributed by atoms with van der Waals surface area (Å²) in [4.78, 5) is 2.40. The number of anilines is 1. The Labute approximate surface area is 244 Å². The van der Waals surface area contributed by atoms with Crippen molar-refractivity contribution in [3.63, 3.8) is 0 Å². The highest BCUT2D eigenvalue weighted by molar-refractivity contribution is 5.61. The zero-order valence-corrected chi connectivity index (χ0v) is 24.5. The van der Waals surface area contributed by atoms with Crippen LogP contribution in [0.3, 0.4) is 0 Å². The van der Waals surface area contributed by atoms with Gasteiger partial charge in [0.25, 0.3) is 0 Å². The van der Waals surface area contributed by atoms with Gasteiger partial charge in [0.15, 0.2) is 0 Å². The van der Waals surface area contributed by atoms with Gasteiger partial charge in [0.05, 0.1) is 38.2 Å². The van der Waals surface area contributed by atoms with E-state index in [1.54, 1.807) is 7.11 Å². The van der Waals surface area contributed by atoms with Gasteiger partial charge in [0, 0.05) is 32.7 Å². The molecule has 220 valence electrons. The minimum atomic E-state index is 0.107. The topological polar surface area (TPSA) is 61.4 Å². The van der Waals surface area contributed by atoms with Gasteiger partial charge in [0.1, 0.15) is 24.7 Å². The Morgan fingerprint density at radius 1 is 0.976 bits per heavy atom. The van der Waals surface area contributed by atoms with Crippen molar-refractivity contribution in [1.82, 2.24) is 5.32 Å². The summed E-state index contributed by atoms with van der Waals surface area (Å²) >= 11 is 0. The molecule has 1 N–H and O–H groups in total. The Kier molecular flexibility index (Phi) is 10.9. The average Bonchev–Trinajstić information content (AvgIpc) is 3.01. The molecule has 7 heteroatoms. The number of rotatable bonds is 14. The van der Waals surface area contributed by atoms with Crippen molar-refractivity contribution in [3.8, 4) is 11.5 Å². The molecule has 2 aliphatic rings. The lowest BCUT2D eigenvalue weighted by Crippen LogP contribution is -2.41. The largest absolute Gasteiger partial charge is 0.491 e. The van der Waals surface area contributed by atoms with Gasteiger partial charge >= 0.3 is 0 Å². The fourth-order valence-corrected chi connectivity index (χ4v) is 5.61. The summed E-state index contributed by atoms with van der Waals surface area (Å²) in [5, 5.41) is 3.52. The van der Waals surface area contributed by atoms with E-state index in [0.717, 1.165) is 69.4 Å². The summed E-state index contributed by atoms with van der Waals surface area (Å²) in [6.07, 6.45) is 2.15. The minimum Gasteiger partial charge on any atom is -0.491 e. The lowest BCUT2D eigenvalue weighted by atomic mass is 9.87. The highest BCUT2D eigenvalue weighted by Crippen LogP contribution is 2.34. The molecule has 2 heterocycles. The van der Waals surface area contributed by atoms with Crippen molar-refractivity contribution in [2.75, 3.05) is 64.6 Å². The number of methoxy groups -OCH3 is 1. The van der Waals surface area contributed by atoms with E-state index in [-0.39, 0.29) is 6.10 Å². The molecule has 0 radical (unpaired) electrons. The van der Waals surface area contributed by atoms with Gasteiger partial charge in [-0.05, 0) is 72.8 Å². The summed E-state index contributed by atoms with van der Waals surface area (Å²) in [6, 6.07) is 23.2. The first-order valence-electron chi connectivity index (χ1n) is 14.9. The Bertz CT molecular complexity index is 1220. The van der Waals surface area contributed by atoms with Crippen molar-refractivity contribution in [3.05, 3.63) is 89.0 Å². The number of benzene rings is 3. The van der Waals surface area contributed by atoms with Crippen molar-refractivity contribution < 1.29 is 23.7 Å². The Morgan fingerprint density at radius 3 is 2.71 bits per heavy atom. The maximum Gasteiger partial charge on any atom is 0.142 e. The molecule has 0 amide bonds. The van der Waals surface area contributed by atoms with Crippen LogP contribution in [0, 0.1) is 6.92 Å². The summed E-state index contributed by atoms with van der Waals surface area (Å²) in [6.45, 7) is 9.56. The lowest BCUT2D eigenvalue weighted by Gasteiger charge is -2.33. The van der Waals surface area contributed by atoms with Crippen LogP contribution in [0.1, 0.15) is 41.0 Å². The van der Waals surface area contributed by atoms with E-state index in [2.05, 4.69) is 71.7 Å². The summed E-state index contributed by atoms with van der Waals surface area (Å²) in [5.41, 5.74) is 6.09. The Morgan fingerprint density at radius 2 is 1.85 bits per heavy atom. The average molecular weight is 561 g/mol. The number of aryl methyl sites for hydroxylation is 1. The van der Waals surface area contributed by atoms with Crippen LogP contribution in [0.4, 0.5) is 5.69 Å². The molecular formula is C34H44N2O5. The number of piperidine rings is 1. The van der Waals surface area contributed by atoms with Crippen LogP contribution in [0.15, 0.2) is 66.7 Å². The van der Waals surface area contributed by atoms with E-state index in [9.17, 15) is 0 Å². The molecule has 1 saturated heterocycles. The maximum atomic E-state index is 6.54. The quantitative estimate of drug-likeness (QED) is 0.262. The van der Waals surface area contributed by atoms with Crippen LogP contribution in [0.5, 0.6) is 11.5 Å². The SMILES string of the molecule is COCCCN1CCOc2ccc(CO[C@H]3CNCC[C@@H]3c3ccc(OCCOCc4ccccc4C)cc3)cc21. The maximum absolute atomic E-state index is 6.54. The number of ether oxygens (including phenoxy) is 5. The second-order valence-electron chi connectivity index (χ2n) is 10.8. The molecule has 0 spiro atoms. The van der Waals surface area contributed by atoms with Crippen LogP contribution in [0.25, 0.3) is 0 Å². The van der Waals surface area contributed by atoms with Crippen LogP contribution >= 0.6 is 0 Å². The third-order valence-electron chi connectivity index (χ3n) is 7.97. The molecule has 41 heavy (non-hydrogen) atoms. The van der Waals surface area contributed by atoms with Gasteiger partial charge in [-0.15, -0.1) is 0 Å². The van der Waals surface area contributed by atoms with E-state index in [1.165, 1.54) is 22.3 Å². The third kappa shape index (κ3) is 8.23. The highest BCUT2D eigenvalue weighted by atomic mass is 16.5. The van der Waals surface area contributed by atoms with Gasteiger partial charge in [-0.2, -0.15) is 0 Å². The standard InChI is InChI=1S/C34H44N2O5/c1-26-6-3-4-7-29(26)25-38-20-21-39-30-11-9-28(10-12-30)31-14-15-35-23-34(31)41-24-27-8-13-33-32(22-27)36(17-19-40-33)16-5-18-37-2/h3-4,6-13,22,31,34-35H,5,14-21,23-25H2,1-2H3/t31-,34+/m1/s1. The Hall–Kier alpha value is -3.10. The monoisotopic (exact) mass is 560 g/mol.